The van der Waals surface area contributed by atoms with Gasteiger partial charge in [-0.15, -0.1) is 0 Å². The molecule has 3 saturated carbocycles. The Bertz CT molecular complexity index is 695. The highest BCUT2D eigenvalue weighted by molar-refractivity contribution is 6.02. The Hall–Kier alpha value is -1.20. The van der Waals surface area contributed by atoms with Gasteiger partial charge in [-0.05, 0) is 67.8 Å². The first-order chi connectivity index (χ1) is 12.0. The van der Waals surface area contributed by atoms with Gasteiger partial charge < -0.3 is 15.3 Å². The van der Waals surface area contributed by atoms with Gasteiger partial charge in [-0.2, -0.15) is 0 Å². The number of carboxylic acids is 1. The standard InChI is InChI=1S/C21H30O5/c1-19-8-7-14(22)16(18(24)25)13(19)5-4-11-12-6-9-21(3,26)20(12,2)10-15(23)17(11)19/h5,11-12,15-17,23,26H,4,6-10H2,1-3H3,(H,24,25)/t11-,12-,15-,16?,17+,19-,20-,21+/m0/s1. The van der Waals surface area contributed by atoms with Crippen molar-refractivity contribution in [3.8, 4) is 0 Å². The van der Waals surface area contributed by atoms with Gasteiger partial charge in [0.15, 0.2) is 5.78 Å². The molecular formula is C21H30O5. The minimum Gasteiger partial charge on any atom is -0.480 e. The zero-order valence-electron chi connectivity index (χ0n) is 15.9. The summed E-state index contributed by atoms with van der Waals surface area (Å²) >= 11 is 0. The molecule has 0 aliphatic heterocycles. The third-order valence-corrected chi connectivity index (χ3v) is 8.79. The number of allylic oxidation sites excluding steroid dienone is 1. The van der Waals surface area contributed by atoms with Crippen LogP contribution in [-0.2, 0) is 9.59 Å². The molecule has 0 bridgehead atoms. The van der Waals surface area contributed by atoms with E-state index in [4.69, 9.17) is 0 Å². The van der Waals surface area contributed by atoms with Crippen LogP contribution >= 0.6 is 0 Å². The van der Waals surface area contributed by atoms with E-state index in [0.29, 0.717) is 25.2 Å². The first kappa shape index (κ1) is 18.2. The lowest BCUT2D eigenvalue weighted by Crippen LogP contribution is -2.60. The summed E-state index contributed by atoms with van der Waals surface area (Å²) in [6.07, 6.45) is 5.20. The van der Waals surface area contributed by atoms with Crippen LogP contribution in [0.5, 0.6) is 0 Å². The fourth-order valence-corrected chi connectivity index (χ4v) is 7.22. The molecule has 0 saturated heterocycles. The molecule has 5 heteroatoms. The molecule has 4 aliphatic rings. The largest absolute Gasteiger partial charge is 0.480 e. The average Bonchev–Trinajstić information content (AvgIpc) is 2.77. The van der Waals surface area contributed by atoms with Gasteiger partial charge in [0.2, 0.25) is 0 Å². The number of carbonyl (C=O) groups excluding carboxylic acids is 1. The molecule has 0 aromatic carbocycles. The van der Waals surface area contributed by atoms with Crippen LogP contribution in [-0.4, -0.2) is 38.8 Å². The quantitative estimate of drug-likeness (QED) is 0.492. The van der Waals surface area contributed by atoms with Gasteiger partial charge in [0, 0.05) is 11.8 Å². The minimum atomic E-state index is -1.07. The van der Waals surface area contributed by atoms with Crippen molar-refractivity contribution in [3.63, 3.8) is 0 Å². The van der Waals surface area contributed by atoms with Gasteiger partial charge >= 0.3 is 5.97 Å². The number of rotatable bonds is 1. The van der Waals surface area contributed by atoms with Crippen molar-refractivity contribution < 1.29 is 24.9 Å². The molecule has 144 valence electrons. The molecule has 3 fully saturated rings. The second kappa shape index (κ2) is 5.41. The average molecular weight is 362 g/mol. The first-order valence-electron chi connectivity index (χ1n) is 9.89. The Morgan fingerprint density at radius 2 is 1.92 bits per heavy atom. The van der Waals surface area contributed by atoms with Crippen molar-refractivity contribution in [2.75, 3.05) is 0 Å². The van der Waals surface area contributed by atoms with Gasteiger partial charge in [-0.25, -0.2) is 0 Å². The minimum absolute atomic E-state index is 0.0376. The van der Waals surface area contributed by atoms with Crippen LogP contribution < -0.4 is 0 Å². The number of fused-ring (bicyclic) bond motifs is 5. The van der Waals surface area contributed by atoms with Crippen LogP contribution in [0.2, 0.25) is 0 Å². The summed E-state index contributed by atoms with van der Waals surface area (Å²) in [4.78, 5) is 24.0. The Balaban J connectivity index is 1.78. The predicted molar refractivity (Wildman–Crippen MR) is 95.2 cm³/mol. The fourth-order valence-electron chi connectivity index (χ4n) is 7.22. The van der Waals surface area contributed by atoms with Crippen molar-refractivity contribution >= 4 is 11.8 Å². The summed E-state index contributed by atoms with van der Waals surface area (Å²) < 4.78 is 0. The number of Topliss-reactive ketones (excluding diaryl/α,β-unsaturated/α-hetero) is 1. The lowest BCUT2D eigenvalue weighted by atomic mass is 9.45. The molecule has 26 heavy (non-hydrogen) atoms. The summed E-state index contributed by atoms with van der Waals surface area (Å²) in [5.74, 6) is -1.81. The number of hydrogen-bond acceptors (Lipinski definition) is 4. The number of ketones is 1. The van der Waals surface area contributed by atoms with Crippen molar-refractivity contribution in [2.45, 2.75) is 71.0 Å². The van der Waals surface area contributed by atoms with Gasteiger partial charge in [0.1, 0.15) is 5.92 Å². The van der Waals surface area contributed by atoms with Crippen LogP contribution in [0, 0.1) is 34.5 Å². The Morgan fingerprint density at radius 3 is 2.58 bits per heavy atom. The molecule has 0 heterocycles. The van der Waals surface area contributed by atoms with Crippen molar-refractivity contribution in [2.24, 2.45) is 34.5 Å². The van der Waals surface area contributed by atoms with Crippen LogP contribution in [0.3, 0.4) is 0 Å². The second-order valence-corrected chi connectivity index (χ2v) is 9.85. The number of aliphatic hydroxyl groups excluding tert-OH is 1. The predicted octanol–water partition coefficient (Wildman–Crippen LogP) is 2.55. The number of aliphatic carboxylic acids is 1. The monoisotopic (exact) mass is 362 g/mol. The first-order valence-corrected chi connectivity index (χ1v) is 9.89. The third-order valence-electron chi connectivity index (χ3n) is 8.79. The zero-order valence-corrected chi connectivity index (χ0v) is 15.9. The van der Waals surface area contributed by atoms with Gasteiger partial charge in [-0.1, -0.05) is 19.9 Å². The lowest BCUT2D eigenvalue weighted by molar-refractivity contribution is -0.166. The smallest absolute Gasteiger partial charge is 0.318 e. The maximum Gasteiger partial charge on any atom is 0.318 e. The van der Waals surface area contributed by atoms with Gasteiger partial charge in [-0.3, -0.25) is 9.59 Å². The van der Waals surface area contributed by atoms with E-state index >= 15 is 0 Å². The molecule has 0 aromatic heterocycles. The summed E-state index contributed by atoms with van der Waals surface area (Å²) in [5, 5.41) is 31.8. The molecule has 0 amide bonds. The highest BCUT2D eigenvalue weighted by atomic mass is 16.4. The maximum absolute atomic E-state index is 12.3. The van der Waals surface area contributed by atoms with E-state index in [9.17, 15) is 24.9 Å². The van der Waals surface area contributed by atoms with Crippen molar-refractivity contribution in [1.29, 1.82) is 0 Å². The van der Waals surface area contributed by atoms with E-state index in [2.05, 4.69) is 13.8 Å². The Morgan fingerprint density at radius 1 is 1.23 bits per heavy atom. The third kappa shape index (κ3) is 2.10. The number of aliphatic hydroxyl groups is 2. The van der Waals surface area contributed by atoms with Gasteiger partial charge in [0.25, 0.3) is 0 Å². The lowest BCUT2D eigenvalue weighted by Gasteiger charge is -2.60. The molecule has 3 N–H and O–H groups in total. The normalized spacial score (nSPS) is 53.3. The van der Waals surface area contributed by atoms with Crippen molar-refractivity contribution in [3.05, 3.63) is 11.6 Å². The highest BCUT2D eigenvalue weighted by Gasteiger charge is 2.65. The number of hydrogen-bond donors (Lipinski definition) is 3. The second-order valence-electron chi connectivity index (χ2n) is 9.85. The molecule has 0 aromatic rings. The van der Waals surface area contributed by atoms with E-state index in [-0.39, 0.29) is 29.5 Å². The molecule has 1 unspecified atom stereocenters. The number of carboxylic acid groups (broad SMARTS) is 1. The zero-order chi connectivity index (χ0) is 19.1. The summed E-state index contributed by atoms with van der Waals surface area (Å²) in [6.45, 7) is 6.05. The molecular weight excluding hydrogens is 332 g/mol. The summed E-state index contributed by atoms with van der Waals surface area (Å²) in [5.41, 5.74) is -0.822. The molecule has 0 radical (unpaired) electrons. The molecule has 4 rings (SSSR count). The fraction of sp³-hybridized carbons (Fsp3) is 0.810. The van der Waals surface area contributed by atoms with Crippen molar-refractivity contribution in [1.82, 2.24) is 0 Å². The van der Waals surface area contributed by atoms with E-state index in [1.807, 2.05) is 13.0 Å². The van der Waals surface area contributed by atoms with Crippen LogP contribution in [0.1, 0.15) is 59.3 Å². The Labute approximate surface area is 154 Å². The molecule has 8 atom stereocenters. The molecule has 4 aliphatic carbocycles. The van der Waals surface area contributed by atoms with E-state index < -0.39 is 29.0 Å². The highest BCUT2D eigenvalue weighted by Crippen LogP contribution is 2.67. The SMILES string of the molecule is C[C@]12CCC(=O)C(C(=O)O)C1=CC[C@@H]1[C@@H]2[C@@H](O)C[C@@]2(C)[C@H]1CC[C@@]2(C)O. The molecule has 0 spiro atoms. The summed E-state index contributed by atoms with van der Waals surface area (Å²) in [6, 6.07) is 0. The topological polar surface area (TPSA) is 94.8 Å². The number of carbonyl (C=O) groups is 2. The maximum atomic E-state index is 12.3. The van der Waals surface area contributed by atoms with E-state index in [0.717, 1.165) is 18.4 Å². The van der Waals surface area contributed by atoms with E-state index in [1.165, 1.54) is 0 Å². The summed E-state index contributed by atoms with van der Waals surface area (Å²) in [7, 11) is 0. The Kier molecular flexibility index (Phi) is 3.79. The molecule has 5 nitrogen and oxygen atoms in total. The van der Waals surface area contributed by atoms with Crippen LogP contribution in [0.4, 0.5) is 0 Å². The van der Waals surface area contributed by atoms with Gasteiger partial charge in [0.05, 0.1) is 11.7 Å². The van der Waals surface area contributed by atoms with E-state index in [1.54, 1.807) is 0 Å². The van der Waals surface area contributed by atoms with Crippen LogP contribution in [0.25, 0.3) is 0 Å². The van der Waals surface area contributed by atoms with Crippen LogP contribution in [0.15, 0.2) is 11.6 Å².